The minimum atomic E-state index is -0.260. The molecule has 1 fully saturated rings. The number of hydrogen-bond acceptors (Lipinski definition) is 4. The number of nitrogens with zero attached hydrogens (tertiary/aromatic N) is 1. The smallest absolute Gasteiger partial charge is 0.243 e. The van der Waals surface area contributed by atoms with Crippen LogP contribution >= 0.6 is 0 Å². The van der Waals surface area contributed by atoms with Crippen LogP contribution < -0.4 is 11.1 Å². The highest BCUT2D eigenvalue weighted by atomic mass is 16.2. The summed E-state index contributed by atoms with van der Waals surface area (Å²) in [6.07, 6.45) is 0. The number of piperazine rings is 1. The van der Waals surface area contributed by atoms with Crippen LogP contribution in [0.1, 0.15) is 13.8 Å². The van der Waals surface area contributed by atoms with E-state index < -0.39 is 0 Å². The van der Waals surface area contributed by atoms with E-state index in [2.05, 4.69) is 5.32 Å². The van der Waals surface area contributed by atoms with Crippen LogP contribution in [-0.2, 0) is 9.59 Å². The molecular formula is C8H15N3O2. The van der Waals surface area contributed by atoms with Crippen molar-refractivity contribution in [1.82, 2.24) is 10.2 Å². The largest absolute Gasteiger partial charge is 0.327 e. The Morgan fingerprint density at radius 2 is 2.31 bits per heavy atom. The zero-order valence-corrected chi connectivity index (χ0v) is 7.91. The quantitative estimate of drug-likeness (QED) is 0.523. The molecule has 1 aliphatic rings. The van der Waals surface area contributed by atoms with Gasteiger partial charge in [-0.1, -0.05) is 0 Å². The van der Waals surface area contributed by atoms with Crippen LogP contribution in [0.25, 0.3) is 0 Å². The molecule has 0 aromatic rings. The molecule has 0 aliphatic carbocycles. The highest BCUT2D eigenvalue weighted by Crippen LogP contribution is 2.04. The number of nitrogens with two attached hydrogens (primary N) is 1. The standard InChI is InChI=1S/C8H15N3O2/c1-5(9)3-11-4-7(12)10-8(13)6(11)2/h5-6H,3-4,9H2,1-2H3,(H,10,12,13). The van der Waals surface area contributed by atoms with Crippen LogP contribution in [0.4, 0.5) is 0 Å². The van der Waals surface area contributed by atoms with Crippen LogP contribution in [-0.4, -0.2) is 41.9 Å². The van der Waals surface area contributed by atoms with Gasteiger partial charge in [0.25, 0.3) is 0 Å². The summed E-state index contributed by atoms with van der Waals surface area (Å²) in [5.41, 5.74) is 5.59. The molecule has 1 rings (SSSR count). The Morgan fingerprint density at radius 3 is 2.85 bits per heavy atom. The number of imide groups is 1. The summed E-state index contributed by atoms with van der Waals surface area (Å²) in [4.78, 5) is 24.0. The molecule has 1 aliphatic heterocycles. The second kappa shape index (κ2) is 3.85. The minimum absolute atomic E-state index is 0.0267. The van der Waals surface area contributed by atoms with Gasteiger partial charge in [-0.25, -0.2) is 0 Å². The van der Waals surface area contributed by atoms with Gasteiger partial charge in [0, 0.05) is 12.6 Å². The van der Waals surface area contributed by atoms with E-state index in [4.69, 9.17) is 5.73 Å². The average molecular weight is 185 g/mol. The predicted octanol–water partition coefficient (Wildman–Crippen LogP) is -1.32. The Bertz CT molecular complexity index is 227. The Hall–Kier alpha value is -0.940. The first-order valence-corrected chi connectivity index (χ1v) is 4.34. The third-order valence-electron chi connectivity index (χ3n) is 2.06. The summed E-state index contributed by atoms with van der Waals surface area (Å²) in [7, 11) is 0. The van der Waals surface area contributed by atoms with Crippen LogP contribution in [0, 0.1) is 0 Å². The molecular weight excluding hydrogens is 170 g/mol. The average Bonchev–Trinajstić information content (AvgIpc) is 1.98. The van der Waals surface area contributed by atoms with E-state index in [1.165, 1.54) is 0 Å². The first-order valence-electron chi connectivity index (χ1n) is 4.34. The van der Waals surface area contributed by atoms with Gasteiger partial charge in [-0.2, -0.15) is 0 Å². The van der Waals surface area contributed by atoms with E-state index in [1.54, 1.807) is 11.8 Å². The number of carbonyl (C=O) groups excluding carboxylic acids is 2. The number of amides is 2. The van der Waals surface area contributed by atoms with Crippen LogP contribution in [0.15, 0.2) is 0 Å². The molecule has 5 nitrogen and oxygen atoms in total. The normalized spacial score (nSPS) is 27.2. The second-order valence-corrected chi connectivity index (χ2v) is 3.50. The highest BCUT2D eigenvalue weighted by molar-refractivity contribution is 6.00. The molecule has 2 amide bonds. The lowest BCUT2D eigenvalue weighted by Gasteiger charge is -2.32. The Labute approximate surface area is 77.3 Å². The van der Waals surface area contributed by atoms with Crippen molar-refractivity contribution in [2.45, 2.75) is 25.9 Å². The number of rotatable bonds is 2. The summed E-state index contributed by atoms with van der Waals surface area (Å²) < 4.78 is 0. The molecule has 2 atom stereocenters. The summed E-state index contributed by atoms with van der Waals surface area (Å²) in [5.74, 6) is -0.486. The molecule has 2 unspecified atom stereocenters. The fraction of sp³-hybridized carbons (Fsp3) is 0.750. The summed E-state index contributed by atoms with van der Waals surface area (Å²) in [6.45, 7) is 4.45. The van der Waals surface area contributed by atoms with E-state index in [0.29, 0.717) is 6.54 Å². The van der Waals surface area contributed by atoms with Crippen molar-refractivity contribution in [3.8, 4) is 0 Å². The highest BCUT2D eigenvalue weighted by Gasteiger charge is 2.30. The summed E-state index contributed by atoms with van der Waals surface area (Å²) in [5, 5.41) is 2.27. The van der Waals surface area contributed by atoms with Crippen molar-refractivity contribution in [1.29, 1.82) is 0 Å². The molecule has 0 aromatic heterocycles. The fourth-order valence-corrected chi connectivity index (χ4v) is 1.36. The van der Waals surface area contributed by atoms with Gasteiger partial charge in [-0.15, -0.1) is 0 Å². The lowest BCUT2D eigenvalue weighted by Crippen LogP contribution is -2.58. The monoisotopic (exact) mass is 185 g/mol. The topological polar surface area (TPSA) is 75.4 Å². The van der Waals surface area contributed by atoms with Gasteiger partial charge < -0.3 is 5.73 Å². The van der Waals surface area contributed by atoms with E-state index >= 15 is 0 Å². The maximum absolute atomic E-state index is 11.2. The summed E-state index contributed by atoms with van der Waals surface area (Å²) >= 11 is 0. The molecule has 5 heteroatoms. The van der Waals surface area contributed by atoms with E-state index in [0.717, 1.165) is 0 Å². The first-order chi connectivity index (χ1) is 6.00. The Kier molecular flexibility index (Phi) is 3.00. The van der Waals surface area contributed by atoms with Crippen molar-refractivity contribution in [3.63, 3.8) is 0 Å². The van der Waals surface area contributed by atoms with Gasteiger partial charge in [0.1, 0.15) is 0 Å². The molecule has 0 saturated carbocycles. The van der Waals surface area contributed by atoms with Gasteiger partial charge in [-0.05, 0) is 13.8 Å². The van der Waals surface area contributed by atoms with E-state index in [-0.39, 0.29) is 30.4 Å². The maximum Gasteiger partial charge on any atom is 0.243 e. The number of nitrogens with one attached hydrogen (secondary N) is 1. The van der Waals surface area contributed by atoms with Crippen LogP contribution in [0.2, 0.25) is 0 Å². The third kappa shape index (κ3) is 2.50. The molecule has 0 radical (unpaired) electrons. The lowest BCUT2D eigenvalue weighted by molar-refractivity contribution is -0.139. The predicted molar refractivity (Wildman–Crippen MR) is 47.8 cm³/mol. The molecule has 3 N–H and O–H groups in total. The zero-order valence-electron chi connectivity index (χ0n) is 7.91. The van der Waals surface area contributed by atoms with Gasteiger partial charge in [-0.3, -0.25) is 19.8 Å². The second-order valence-electron chi connectivity index (χ2n) is 3.50. The molecule has 1 heterocycles. The first kappa shape index (κ1) is 10.1. The summed E-state index contributed by atoms with van der Waals surface area (Å²) in [6, 6.07) is -0.287. The SMILES string of the molecule is CC(N)CN1CC(=O)NC(=O)C1C. The van der Waals surface area contributed by atoms with Gasteiger partial charge in [0.05, 0.1) is 12.6 Å². The van der Waals surface area contributed by atoms with Crippen molar-refractivity contribution >= 4 is 11.8 Å². The Balaban J connectivity index is 2.61. The van der Waals surface area contributed by atoms with Crippen molar-refractivity contribution in [2.75, 3.05) is 13.1 Å². The van der Waals surface area contributed by atoms with Crippen LogP contribution in [0.3, 0.4) is 0 Å². The molecule has 74 valence electrons. The molecule has 0 spiro atoms. The molecule has 13 heavy (non-hydrogen) atoms. The van der Waals surface area contributed by atoms with Gasteiger partial charge >= 0.3 is 0 Å². The van der Waals surface area contributed by atoms with Crippen LogP contribution in [0.5, 0.6) is 0 Å². The van der Waals surface area contributed by atoms with Gasteiger partial charge in [0.2, 0.25) is 11.8 Å². The lowest BCUT2D eigenvalue weighted by atomic mass is 10.2. The van der Waals surface area contributed by atoms with Gasteiger partial charge in [0.15, 0.2) is 0 Å². The fourth-order valence-electron chi connectivity index (χ4n) is 1.36. The third-order valence-corrected chi connectivity index (χ3v) is 2.06. The zero-order chi connectivity index (χ0) is 10.0. The Morgan fingerprint density at radius 1 is 1.69 bits per heavy atom. The van der Waals surface area contributed by atoms with Crippen molar-refractivity contribution in [2.24, 2.45) is 5.73 Å². The minimum Gasteiger partial charge on any atom is -0.327 e. The van der Waals surface area contributed by atoms with Crippen molar-refractivity contribution in [3.05, 3.63) is 0 Å². The van der Waals surface area contributed by atoms with E-state index in [1.807, 2.05) is 6.92 Å². The molecule has 0 bridgehead atoms. The number of hydrogen-bond donors (Lipinski definition) is 2. The van der Waals surface area contributed by atoms with Crippen molar-refractivity contribution < 1.29 is 9.59 Å². The maximum atomic E-state index is 11.2. The number of carbonyl (C=O) groups is 2. The molecule has 0 aromatic carbocycles. The molecule has 1 saturated heterocycles. The van der Waals surface area contributed by atoms with E-state index in [9.17, 15) is 9.59 Å².